The van der Waals surface area contributed by atoms with Crippen LogP contribution in [0, 0.1) is 5.82 Å². The average molecular weight is 502 g/mol. The number of halogens is 2. The summed E-state index contributed by atoms with van der Waals surface area (Å²) >= 11 is 0. The van der Waals surface area contributed by atoms with Gasteiger partial charge >= 0.3 is 0 Å². The van der Waals surface area contributed by atoms with Gasteiger partial charge < -0.3 is 15.4 Å². The van der Waals surface area contributed by atoms with Crippen molar-refractivity contribution in [1.29, 1.82) is 0 Å². The highest BCUT2D eigenvalue weighted by Crippen LogP contribution is 2.13. The lowest BCUT2D eigenvalue weighted by atomic mass is 10.1. The normalized spacial score (nSPS) is 16.2. The fraction of sp³-hybridized carbons (Fsp3) is 0.526. The maximum Gasteiger partial charge on any atom is 0.191 e. The molecule has 0 spiro atoms. The molecule has 0 amide bonds. The highest BCUT2D eigenvalue weighted by atomic mass is 127. The van der Waals surface area contributed by atoms with Crippen molar-refractivity contribution in [3.05, 3.63) is 47.3 Å². The second-order valence-electron chi connectivity index (χ2n) is 6.67. The minimum absolute atomic E-state index is 0. The molecular formula is C19H28FIN6O. The van der Waals surface area contributed by atoms with E-state index in [1.54, 1.807) is 26.3 Å². The average Bonchev–Trinajstić information content (AvgIpc) is 3.06. The third-order valence-electron chi connectivity index (χ3n) is 4.56. The number of rotatable bonds is 7. The van der Waals surface area contributed by atoms with Crippen LogP contribution in [0.3, 0.4) is 0 Å². The first-order valence-corrected chi connectivity index (χ1v) is 9.31. The van der Waals surface area contributed by atoms with E-state index in [2.05, 4.69) is 25.7 Å². The van der Waals surface area contributed by atoms with Crippen molar-refractivity contribution in [3.63, 3.8) is 0 Å². The number of ether oxygens (including phenoxy) is 1. The van der Waals surface area contributed by atoms with Crippen LogP contribution in [-0.4, -0.2) is 47.5 Å². The summed E-state index contributed by atoms with van der Waals surface area (Å²) in [5.74, 6) is 2.34. The van der Waals surface area contributed by atoms with E-state index in [1.807, 2.05) is 10.7 Å². The molecule has 0 radical (unpaired) electrons. The Hall–Kier alpha value is -1.75. The predicted octanol–water partition coefficient (Wildman–Crippen LogP) is 2.29. The highest BCUT2D eigenvalue weighted by molar-refractivity contribution is 14.0. The fourth-order valence-electron chi connectivity index (χ4n) is 3.25. The van der Waals surface area contributed by atoms with Crippen molar-refractivity contribution in [2.75, 3.05) is 20.7 Å². The van der Waals surface area contributed by atoms with Crippen LogP contribution >= 0.6 is 24.0 Å². The number of nitrogens with one attached hydrogen (secondary N) is 2. The first kappa shape index (κ1) is 22.5. The van der Waals surface area contributed by atoms with Gasteiger partial charge in [0.1, 0.15) is 18.2 Å². The lowest BCUT2D eigenvalue weighted by Crippen LogP contribution is -2.47. The van der Waals surface area contributed by atoms with E-state index >= 15 is 0 Å². The molecule has 0 saturated carbocycles. The third kappa shape index (κ3) is 6.40. The highest BCUT2D eigenvalue weighted by Gasteiger charge is 2.22. The molecule has 2 heterocycles. The summed E-state index contributed by atoms with van der Waals surface area (Å²) in [6.45, 7) is 1.97. The number of fused-ring (bicyclic) bond motifs is 1. The van der Waals surface area contributed by atoms with E-state index in [0.29, 0.717) is 6.61 Å². The van der Waals surface area contributed by atoms with E-state index in [1.165, 1.54) is 6.07 Å². The van der Waals surface area contributed by atoms with Crippen LogP contribution < -0.4 is 10.6 Å². The Labute approximate surface area is 182 Å². The molecule has 1 aliphatic heterocycles. The predicted molar refractivity (Wildman–Crippen MR) is 117 cm³/mol. The van der Waals surface area contributed by atoms with Crippen LogP contribution in [0.15, 0.2) is 29.3 Å². The van der Waals surface area contributed by atoms with E-state index < -0.39 is 0 Å². The summed E-state index contributed by atoms with van der Waals surface area (Å²) in [4.78, 5) is 8.80. The molecule has 9 heteroatoms. The van der Waals surface area contributed by atoms with Gasteiger partial charge in [0.2, 0.25) is 0 Å². The molecule has 1 atom stereocenters. The van der Waals surface area contributed by atoms with Crippen LogP contribution in [-0.2, 0) is 30.7 Å². The number of hydrogen-bond donors (Lipinski definition) is 2. The molecule has 1 aromatic heterocycles. The summed E-state index contributed by atoms with van der Waals surface area (Å²) < 4.78 is 20.3. The molecule has 7 nitrogen and oxygen atoms in total. The summed E-state index contributed by atoms with van der Waals surface area (Å²) in [6.07, 6.45) is 3.60. The fourth-order valence-corrected chi connectivity index (χ4v) is 3.25. The zero-order valence-corrected chi connectivity index (χ0v) is 18.7. The Morgan fingerprint density at radius 3 is 3.04 bits per heavy atom. The van der Waals surface area contributed by atoms with Gasteiger partial charge in [-0.2, -0.15) is 5.10 Å². The molecule has 28 heavy (non-hydrogen) atoms. The van der Waals surface area contributed by atoms with Gasteiger partial charge in [-0.15, -0.1) is 24.0 Å². The second kappa shape index (κ2) is 11.3. The lowest BCUT2D eigenvalue weighted by molar-refractivity contribution is 0.177. The monoisotopic (exact) mass is 502 g/mol. The Balaban J connectivity index is 0.00000280. The minimum Gasteiger partial charge on any atom is -0.377 e. The molecule has 1 aliphatic rings. The van der Waals surface area contributed by atoms with Gasteiger partial charge in [0, 0.05) is 33.2 Å². The first-order chi connectivity index (χ1) is 13.2. The van der Waals surface area contributed by atoms with E-state index in [4.69, 9.17) is 4.74 Å². The topological polar surface area (TPSA) is 76.4 Å². The number of aromatic nitrogens is 3. The Bertz CT molecular complexity index is 782. The number of benzene rings is 1. The number of aliphatic imine (C=N–C) groups is 1. The van der Waals surface area contributed by atoms with E-state index in [0.717, 1.165) is 61.9 Å². The second-order valence-corrected chi connectivity index (χ2v) is 6.67. The standard InChI is InChI=1S/C19H27FN6O.HI/c1-21-19(22-10-4-6-14-5-3-7-15(20)11-14)23-16-8-9-18-24-17(13-27-2)25-26(18)12-16;/h3,5,7,11,16H,4,6,8-10,12-13H2,1-2H3,(H2,21,22,23);1H. The van der Waals surface area contributed by atoms with Crippen molar-refractivity contribution >= 4 is 29.9 Å². The molecule has 2 aromatic rings. The first-order valence-electron chi connectivity index (χ1n) is 9.31. The van der Waals surface area contributed by atoms with Crippen molar-refractivity contribution in [2.24, 2.45) is 4.99 Å². The lowest BCUT2D eigenvalue weighted by Gasteiger charge is -2.25. The number of methoxy groups -OCH3 is 1. The van der Waals surface area contributed by atoms with Gasteiger partial charge in [0.15, 0.2) is 11.8 Å². The van der Waals surface area contributed by atoms with Crippen molar-refractivity contribution < 1.29 is 9.13 Å². The number of guanidine groups is 1. The maximum absolute atomic E-state index is 13.2. The van der Waals surface area contributed by atoms with Gasteiger partial charge in [0.05, 0.1) is 6.54 Å². The van der Waals surface area contributed by atoms with Crippen molar-refractivity contribution in [1.82, 2.24) is 25.4 Å². The maximum atomic E-state index is 13.2. The van der Waals surface area contributed by atoms with Gasteiger partial charge in [0.25, 0.3) is 0 Å². The summed E-state index contributed by atoms with van der Waals surface area (Å²) in [5, 5.41) is 11.3. The van der Waals surface area contributed by atoms with Crippen molar-refractivity contribution in [2.45, 2.75) is 44.9 Å². The van der Waals surface area contributed by atoms with Gasteiger partial charge in [-0.3, -0.25) is 4.99 Å². The van der Waals surface area contributed by atoms with Crippen LogP contribution in [0.5, 0.6) is 0 Å². The zero-order chi connectivity index (χ0) is 19.1. The SMILES string of the molecule is CN=C(NCCCc1cccc(F)c1)NC1CCc2nc(COC)nn2C1.I. The minimum atomic E-state index is -0.184. The number of nitrogens with zero attached hydrogens (tertiary/aromatic N) is 4. The largest absolute Gasteiger partial charge is 0.377 e. The van der Waals surface area contributed by atoms with Crippen LogP contribution in [0.1, 0.15) is 30.1 Å². The molecule has 154 valence electrons. The molecule has 0 fully saturated rings. The summed E-state index contributed by atoms with van der Waals surface area (Å²) in [7, 11) is 3.41. The van der Waals surface area contributed by atoms with E-state index in [9.17, 15) is 4.39 Å². The smallest absolute Gasteiger partial charge is 0.191 e. The summed E-state index contributed by atoms with van der Waals surface area (Å²) in [6, 6.07) is 7.01. The quantitative estimate of drug-likeness (QED) is 0.263. The van der Waals surface area contributed by atoms with Crippen LogP contribution in [0.25, 0.3) is 0 Å². The summed E-state index contributed by atoms with van der Waals surface area (Å²) in [5.41, 5.74) is 1.01. The number of aryl methyl sites for hydroxylation is 2. The van der Waals surface area contributed by atoms with Gasteiger partial charge in [-0.05, 0) is 37.0 Å². The van der Waals surface area contributed by atoms with Crippen molar-refractivity contribution in [3.8, 4) is 0 Å². The van der Waals surface area contributed by atoms with Gasteiger partial charge in [-0.25, -0.2) is 14.1 Å². The van der Waals surface area contributed by atoms with Crippen LogP contribution in [0.4, 0.5) is 4.39 Å². The van der Waals surface area contributed by atoms with Crippen LogP contribution in [0.2, 0.25) is 0 Å². The molecule has 2 N–H and O–H groups in total. The Morgan fingerprint density at radius 2 is 2.29 bits per heavy atom. The van der Waals surface area contributed by atoms with E-state index in [-0.39, 0.29) is 35.8 Å². The third-order valence-corrected chi connectivity index (χ3v) is 4.56. The zero-order valence-electron chi connectivity index (χ0n) is 16.3. The number of hydrogen-bond acceptors (Lipinski definition) is 4. The Morgan fingerprint density at radius 1 is 1.43 bits per heavy atom. The molecule has 1 aromatic carbocycles. The molecule has 3 rings (SSSR count). The molecule has 1 unspecified atom stereocenters. The van der Waals surface area contributed by atoms with Gasteiger partial charge in [-0.1, -0.05) is 12.1 Å². The molecular weight excluding hydrogens is 474 g/mol. The molecule has 0 aliphatic carbocycles. The molecule has 0 bridgehead atoms. The molecule has 0 saturated heterocycles. The Kier molecular flexibility index (Phi) is 9.10.